The molecule has 4 aliphatic rings. The molecular formula is C35H44O10. The molecule has 1 aliphatic heterocycles. The molecule has 2 bridgehead atoms. The number of rotatable bonds is 6. The van der Waals surface area contributed by atoms with E-state index in [0.29, 0.717) is 30.4 Å². The number of hydrogen-bond donors (Lipinski definition) is 1. The number of epoxide rings is 1. The van der Waals surface area contributed by atoms with Crippen LogP contribution >= 0.6 is 0 Å². The largest absolute Gasteiger partial charge is 0.462 e. The van der Waals surface area contributed by atoms with E-state index in [9.17, 15) is 24.3 Å². The van der Waals surface area contributed by atoms with Crippen LogP contribution in [0.25, 0.3) is 6.08 Å². The summed E-state index contributed by atoms with van der Waals surface area (Å²) in [6.07, 6.45) is -0.391. The SMILES string of the molecule is CC(=O)O[C@@H]1[C@@H]2C[C@H](OC(C)=O)C(C)=C([C@@H](OC(C)=O)[C@H](O)[C@]3(C)CC[C@H](OC(=O)C=Cc4ccccc4)[C@]4(CO4)[C@@H]13)C2(C)C. The van der Waals surface area contributed by atoms with Crippen LogP contribution in [0.3, 0.4) is 0 Å². The first-order valence-corrected chi connectivity index (χ1v) is 15.6. The summed E-state index contributed by atoms with van der Waals surface area (Å²) in [5.41, 5.74) is -0.638. The summed E-state index contributed by atoms with van der Waals surface area (Å²) in [4.78, 5) is 50.7. The van der Waals surface area contributed by atoms with Gasteiger partial charge < -0.3 is 28.8 Å². The van der Waals surface area contributed by atoms with Crippen molar-refractivity contribution < 1.29 is 48.0 Å². The molecule has 0 amide bonds. The maximum absolute atomic E-state index is 13.1. The second-order valence-electron chi connectivity index (χ2n) is 13.7. The maximum atomic E-state index is 13.1. The van der Waals surface area contributed by atoms with Gasteiger partial charge in [0.15, 0.2) is 6.10 Å². The molecule has 1 spiro atoms. The van der Waals surface area contributed by atoms with Gasteiger partial charge in [-0.1, -0.05) is 51.1 Å². The normalized spacial score (nSPS) is 36.8. The lowest BCUT2D eigenvalue weighted by Gasteiger charge is -2.60. The molecule has 2 saturated carbocycles. The van der Waals surface area contributed by atoms with Gasteiger partial charge in [0.1, 0.15) is 30.0 Å². The quantitative estimate of drug-likeness (QED) is 0.160. The molecule has 1 saturated heterocycles. The zero-order valence-corrected chi connectivity index (χ0v) is 27.0. The predicted octanol–water partition coefficient (Wildman–Crippen LogP) is 4.33. The van der Waals surface area contributed by atoms with Crippen molar-refractivity contribution in [3.63, 3.8) is 0 Å². The van der Waals surface area contributed by atoms with Crippen molar-refractivity contribution in [1.82, 2.24) is 0 Å². The number of carbonyl (C=O) groups is 4. The molecule has 10 heteroatoms. The molecular weight excluding hydrogens is 580 g/mol. The minimum Gasteiger partial charge on any atom is -0.462 e. The van der Waals surface area contributed by atoms with E-state index in [0.717, 1.165) is 5.56 Å². The first-order chi connectivity index (χ1) is 21.1. The van der Waals surface area contributed by atoms with Crippen LogP contribution in [0.4, 0.5) is 0 Å². The molecule has 0 radical (unpaired) electrons. The zero-order valence-electron chi connectivity index (χ0n) is 27.0. The van der Waals surface area contributed by atoms with Crippen molar-refractivity contribution in [1.29, 1.82) is 0 Å². The van der Waals surface area contributed by atoms with Crippen molar-refractivity contribution in [3.8, 4) is 0 Å². The third kappa shape index (κ3) is 5.94. The smallest absolute Gasteiger partial charge is 0.331 e. The summed E-state index contributed by atoms with van der Waals surface area (Å²) in [6, 6.07) is 9.39. The fourth-order valence-electron chi connectivity index (χ4n) is 8.54. The number of hydrogen-bond acceptors (Lipinski definition) is 10. The van der Waals surface area contributed by atoms with Crippen LogP contribution in [0.2, 0.25) is 0 Å². The lowest BCUT2D eigenvalue weighted by molar-refractivity contribution is -0.222. The molecule has 10 nitrogen and oxygen atoms in total. The molecule has 1 N–H and O–H groups in total. The molecule has 45 heavy (non-hydrogen) atoms. The number of aliphatic hydroxyl groups is 1. The molecule has 244 valence electrons. The minimum atomic E-state index is -1.25. The van der Waals surface area contributed by atoms with Gasteiger partial charge in [0.25, 0.3) is 0 Å². The second-order valence-corrected chi connectivity index (χ2v) is 13.7. The third-order valence-electron chi connectivity index (χ3n) is 10.5. The Labute approximate surface area is 264 Å². The van der Waals surface area contributed by atoms with Crippen LogP contribution in [-0.4, -0.2) is 71.7 Å². The van der Waals surface area contributed by atoms with E-state index in [1.807, 2.05) is 58.0 Å². The molecule has 0 aromatic heterocycles. The van der Waals surface area contributed by atoms with Crippen molar-refractivity contribution in [2.45, 2.75) is 104 Å². The van der Waals surface area contributed by atoms with Crippen molar-refractivity contribution >= 4 is 30.0 Å². The van der Waals surface area contributed by atoms with Gasteiger partial charge in [-0.25, -0.2) is 4.79 Å². The minimum absolute atomic E-state index is 0.221. The summed E-state index contributed by atoms with van der Waals surface area (Å²) < 4.78 is 30.2. The summed E-state index contributed by atoms with van der Waals surface area (Å²) in [7, 11) is 0. The van der Waals surface area contributed by atoms with Gasteiger partial charge in [-0.05, 0) is 54.4 Å². The Hall–Kier alpha value is -3.50. The predicted molar refractivity (Wildman–Crippen MR) is 162 cm³/mol. The van der Waals surface area contributed by atoms with Crippen LogP contribution in [0, 0.1) is 22.7 Å². The van der Waals surface area contributed by atoms with Gasteiger partial charge >= 0.3 is 23.9 Å². The highest BCUT2D eigenvalue weighted by Crippen LogP contribution is 2.65. The Morgan fingerprint density at radius 1 is 0.933 bits per heavy atom. The average molecular weight is 625 g/mol. The highest BCUT2D eigenvalue weighted by atomic mass is 16.6. The number of esters is 4. The standard InChI is InChI=1S/C35H44O10/c1-19-25(42-20(2)36)17-24-29(43-21(3)37)31-34(7,32(40)30(44-22(4)38)28(19)33(24,5)6)16-15-26(35(31)18-41-35)45-27(39)14-13-23-11-9-8-10-12-23/h8-14,24-26,29-32,40H,15-18H2,1-7H3/t24-,25-,26-,29+,30+,31-,32-,34+,35+/m0/s1. The van der Waals surface area contributed by atoms with Crippen molar-refractivity contribution in [2.24, 2.45) is 22.7 Å². The first kappa shape index (κ1) is 32.9. The molecule has 5 rings (SSSR count). The van der Waals surface area contributed by atoms with Crippen LogP contribution < -0.4 is 0 Å². The summed E-state index contributed by atoms with van der Waals surface area (Å²) in [5.74, 6) is -3.19. The second kappa shape index (κ2) is 12.0. The van der Waals surface area contributed by atoms with E-state index in [1.165, 1.54) is 26.8 Å². The monoisotopic (exact) mass is 624 g/mol. The molecule has 3 fully saturated rings. The van der Waals surface area contributed by atoms with Gasteiger partial charge in [-0.2, -0.15) is 0 Å². The summed E-state index contributed by atoms with van der Waals surface area (Å²) in [5, 5.41) is 12.4. The topological polar surface area (TPSA) is 138 Å². The van der Waals surface area contributed by atoms with E-state index in [2.05, 4.69) is 0 Å². The molecule has 9 atom stereocenters. The first-order valence-electron chi connectivity index (χ1n) is 15.6. The van der Waals surface area contributed by atoms with Gasteiger partial charge in [-0.15, -0.1) is 0 Å². The molecule has 0 unspecified atom stereocenters. The van der Waals surface area contributed by atoms with Crippen LogP contribution in [-0.2, 0) is 42.9 Å². The molecule has 1 aromatic rings. The zero-order chi connectivity index (χ0) is 32.9. The Morgan fingerprint density at radius 2 is 1.56 bits per heavy atom. The van der Waals surface area contributed by atoms with Crippen LogP contribution in [0.5, 0.6) is 0 Å². The average Bonchev–Trinajstić information content (AvgIpc) is 3.74. The third-order valence-corrected chi connectivity index (χ3v) is 10.5. The maximum Gasteiger partial charge on any atom is 0.331 e. The highest BCUT2D eigenvalue weighted by molar-refractivity contribution is 5.87. The molecule has 1 aromatic carbocycles. The summed E-state index contributed by atoms with van der Waals surface area (Å²) >= 11 is 0. The Morgan fingerprint density at radius 3 is 2.13 bits per heavy atom. The van der Waals surface area contributed by atoms with Gasteiger partial charge in [0.05, 0.1) is 6.61 Å². The molecule has 1 heterocycles. The van der Waals surface area contributed by atoms with Gasteiger partial charge in [0, 0.05) is 44.1 Å². The number of ether oxygens (including phenoxy) is 5. The van der Waals surface area contributed by atoms with E-state index >= 15 is 0 Å². The fraction of sp³-hybridized carbons (Fsp3) is 0.600. The Kier molecular flexibility index (Phi) is 8.78. The van der Waals surface area contributed by atoms with Crippen LogP contribution in [0.1, 0.15) is 73.3 Å². The van der Waals surface area contributed by atoms with Gasteiger partial charge in [0.2, 0.25) is 0 Å². The van der Waals surface area contributed by atoms with Gasteiger partial charge in [-0.3, -0.25) is 14.4 Å². The van der Waals surface area contributed by atoms with E-state index < -0.39 is 82.7 Å². The number of fused-ring (bicyclic) bond motifs is 4. The van der Waals surface area contributed by atoms with Crippen molar-refractivity contribution in [3.05, 3.63) is 53.1 Å². The number of aliphatic hydroxyl groups excluding tert-OH is 1. The Bertz CT molecular complexity index is 1410. The van der Waals surface area contributed by atoms with Crippen molar-refractivity contribution in [2.75, 3.05) is 6.61 Å². The number of benzene rings is 1. The fourth-order valence-corrected chi connectivity index (χ4v) is 8.54. The summed E-state index contributed by atoms with van der Waals surface area (Å²) in [6.45, 7) is 11.9. The lowest BCUT2D eigenvalue weighted by atomic mass is 9.48. The number of carbonyl (C=O) groups excluding carboxylic acids is 4. The van der Waals surface area contributed by atoms with E-state index in [-0.39, 0.29) is 6.61 Å². The van der Waals surface area contributed by atoms with Crippen LogP contribution in [0.15, 0.2) is 47.6 Å². The van der Waals surface area contributed by atoms with E-state index in [4.69, 9.17) is 23.7 Å². The lowest BCUT2D eigenvalue weighted by Crippen LogP contribution is -2.68. The van der Waals surface area contributed by atoms with E-state index in [1.54, 1.807) is 6.08 Å². The highest BCUT2D eigenvalue weighted by Gasteiger charge is 2.74. The Balaban J connectivity index is 1.62. The molecule has 3 aliphatic carbocycles.